The Morgan fingerprint density at radius 1 is 1.11 bits per heavy atom. The number of aryl methyl sites for hydroxylation is 1. The monoisotopic (exact) mass is 252 g/mol. The first-order valence-electron chi connectivity index (χ1n) is 5.82. The lowest BCUT2D eigenvalue weighted by atomic mass is 10.0. The van der Waals surface area contributed by atoms with Crippen LogP contribution >= 0.6 is 0 Å². The van der Waals surface area contributed by atoms with Crippen LogP contribution in [0.25, 0.3) is 22.0 Å². The smallest absolute Gasteiger partial charge is 0.155 e. The Labute approximate surface area is 109 Å². The summed E-state index contributed by atoms with van der Waals surface area (Å²) in [4.78, 5) is 4.03. The minimum absolute atomic E-state index is 0.178. The number of phenolic OH excluding ortho intramolecular Hbond substituents is 1. The van der Waals surface area contributed by atoms with Gasteiger partial charge >= 0.3 is 0 Å². The van der Waals surface area contributed by atoms with E-state index >= 15 is 0 Å². The third-order valence-corrected chi connectivity index (χ3v) is 3.02. The number of anilines is 1. The second kappa shape index (κ2) is 4.20. The van der Waals surface area contributed by atoms with Crippen molar-refractivity contribution in [2.45, 2.75) is 6.92 Å². The minimum atomic E-state index is 0.178. The van der Waals surface area contributed by atoms with Crippen LogP contribution in [0, 0.1) is 6.92 Å². The van der Waals surface area contributed by atoms with Crippen molar-refractivity contribution in [2.24, 2.45) is 0 Å². The van der Waals surface area contributed by atoms with E-state index in [1.165, 1.54) is 0 Å². The van der Waals surface area contributed by atoms with Gasteiger partial charge in [0.1, 0.15) is 11.4 Å². The highest BCUT2D eigenvalue weighted by molar-refractivity contribution is 5.99. The standard InChI is InChI=1S/C14H12N4O/c1-8-2-3-10(12(19)6-8)13-9-4-5-16-7-11(9)14(15)18-17-13/h2-7,19H,1H3,(H2,15,18). The van der Waals surface area contributed by atoms with Crippen LogP contribution in [0.2, 0.25) is 0 Å². The van der Waals surface area contributed by atoms with Crippen LogP contribution < -0.4 is 5.73 Å². The average molecular weight is 252 g/mol. The maximum absolute atomic E-state index is 10.1. The average Bonchev–Trinajstić information content (AvgIpc) is 2.41. The van der Waals surface area contributed by atoms with Gasteiger partial charge in [-0.15, -0.1) is 10.2 Å². The van der Waals surface area contributed by atoms with E-state index in [9.17, 15) is 5.11 Å². The summed E-state index contributed by atoms with van der Waals surface area (Å²) in [6.07, 6.45) is 3.31. The number of nitrogens with zero attached hydrogens (tertiary/aromatic N) is 3. The maximum Gasteiger partial charge on any atom is 0.155 e. The van der Waals surface area contributed by atoms with Crippen LogP contribution in [0.15, 0.2) is 36.7 Å². The number of hydrogen-bond donors (Lipinski definition) is 2. The van der Waals surface area contributed by atoms with Crippen LogP contribution in [-0.4, -0.2) is 20.3 Å². The second-order valence-electron chi connectivity index (χ2n) is 4.38. The molecule has 1 aromatic carbocycles. The first kappa shape index (κ1) is 11.4. The van der Waals surface area contributed by atoms with E-state index < -0.39 is 0 Å². The van der Waals surface area contributed by atoms with E-state index in [1.54, 1.807) is 18.5 Å². The van der Waals surface area contributed by atoms with Crippen LogP contribution in [0.5, 0.6) is 5.75 Å². The van der Waals surface area contributed by atoms with E-state index in [4.69, 9.17) is 5.73 Å². The lowest BCUT2D eigenvalue weighted by molar-refractivity contribution is 0.476. The van der Waals surface area contributed by atoms with Crippen molar-refractivity contribution in [1.29, 1.82) is 0 Å². The van der Waals surface area contributed by atoms with E-state index in [2.05, 4.69) is 15.2 Å². The molecule has 2 aromatic heterocycles. The van der Waals surface area contributed by atoms with Crippen molar-refractivity contribution >= 4 is 16.6 Å². The van der Waals surface area contributed by atoms with Crippen molar-refractivity contribution in [3.63, 3.8) is 0 Å². The molecule has 94 valence electrons. The zero-order valence-electron chi connectivity index (χ0n) is 10.3. The molecule has 0 saturated heterocycles. The third kappa shape index (κ3) is 1.85. The highest BCUT2D eigenvalue weighted by atomic mass is 16.3. The Morgan fingerprint density at radius 3 is 2.74 bits per heavy atom. The van der Waals surface area contributed by atoms with Crippen molar-refractivity contribution in [3.8, 4) is 17.0 Å². The van der Waals surface area contributed by atoms with Gasteiger partial charge in [-0.25, -0.2) is 0 Å². The Kier molecular flexibility index (Phi) is 2.52. The van der Waals surface area contributed by atoms with Gasteiger partial charge in [-0.3, -0.25) is 4.98 Å². The Balaban J connectivity index is 2.34. The molecule has 0 fully saturated rings. The van der Waals surface area contributed by atoms with Gasteiger partial charge in [-0.2, -0.15) is 0 Å². The third-order valence-electron chi connectivity index (χ3n) is 3.02. The van der Waals surface area contributed by atoms with Gasteiger partial charge < -0.3 is 10.8 Å². The molecule has 5 nitrogen and oxygen atoms in total. The number of rotatable bonds is 1. The molecule has 0 aliphatic carbocycles. The zero-order chi connectivity index (χ0) is 13.4. The summed E-state index contributed by atoms with van der Waals surface area (Å²) in [5, 5.41) is 19.6. The molecule has 3 rings (SSSR count). The lowest BCUT2D eigenvalue weighted by Gasteiger charge is -2.08. The van der Waals surface area contributed by atoms with Crippen LogP contribution in [0.1, 0.15) is 5.56 Å². The molecule has 5 heteroatoms. The number of aromatic hydroxyl groups is 1. The number of aromatic nitrogens is 3. The summed E-state index contributed by atoms with van der Waals surface area (Å²) in [5.41, 5.74) is 8.01. The van der Waals surface area contributed by atoms with Crippen molar-refractivity contribution in [2.75, 3.05) is 5.73 Å². The maximum atomic E-state index is 10.1. The predicted octanol–water partition coefficient (Wildman–Crippen LogP) is 2.29. The van der Waals surface area contributed by atoms with E-state index in [-0.39, 0.29) is 5.75 Å². The molecule has 0 amide bonds. The molecular formula is C14H12N4O. The summed E-state index contributed by atoms with van der Waals surface area (Å²) >= 11 is 0. The number of phenols is 1. The Hall–Kier alpha value is -2.69. The van der Waals surface area contributed by atoms with Crippen molar-refractivity contribution < 1.29 is 5.11 Å². The fraction of sp³-hybridized carbons (Fsp3) is 0.0714. The van der Waals surface area contributed by atoms with Crippen molar-refractivity contribution in [1.82, 2.24) is 15.2 Å². The normalized spacial score (nSPS) is 10.8. The highest BCUT2D eigenvalue weighted by Crippen LogP contribution is 2.33. The Morgan fingerprint density at radius 2 is 1.95 bits per heavy atom. The van der Waals surface area contributed by atoms with Gasteiger partial charge in [-0.1, -0.05) is 6.07 Å². The summed E-state index contributed by atoms with van der Waals surface area (Å²) in [5.74, 6) is 0.510. The van der Waals surface area contributed by atoms with Crippen LogP contribution in [-0.2, 0) is 0 Å². The fourth-order valence-corrected chi connectivity index (χ4v) is 2.06. The minimum Gasteiger partial charge on any atom is -0.507 e. The first-order chi connectivity index (χ1) is 9.16. The summed E-state index contributed by atoms with van der Waals surface area (Å²) in [6.45, 7) is 1.92. The molecular weight excluding hydrogens is 240 g/mol. The zero-order valence-corrected chi connectivity index (χ0v) is 10.3. The molecule has 0 bridgehead atoms. The number of benzene rings is 1. The Bertz CT molecular complexity index is 770. The predicted molar refractivity (Wildman–Crippen MR) is 73.6 cm³/mol. The molecule has 0 atom stereocenters. The van der Waals surface area contributed by atoms with Gasteiger partial charge in [0.2, 0.25) is 0 Å². The number of fused-ring (bicyclic) bond motifs is 1. The van der Waals surface area contributed by atoms with Gasteiger partial charge in [0.15, 0.2) is 5.82 Å². The molecule has 3 N–H and O–H groups in total. The molecule has 0 unspecified atom stereocenters. The highest BCUT2D eigenvalue weighted by Gasteiger charge is 2.12. The van der Waals surface area contributed by atoms with Gasteiger partial charge in [0.05, 0.1) is 0 Å². The molecule has 19 heavy (non-hydrogen) atoms. The topological polar surface area (TPSA) is 84.9 Å². The molecule has 0 saturated carbocycles. The molecule has 2 heterocycles. The molecule has 0 spiro atoms. The summed E-state index contributed by atoms with van der Waals surface area (Å²) in [6, 6.07) is 7.25. The summed E-state index contributed by atoms with van der Waals surface area (Å²) < 4.78 is 0. The SMILES string of the molecule is Cc1ccc(-c2nnc(N)c3cnccc23)c(O)c1. The number of nitrogens with two attached hydrogens (primary N) is 1. The second-order valence-corrected chi connectivity index (χ2v) is 4.38. The fourth-order valence-electron chi connectivity index (χ4n) is 2.06. The lowest BCUT2D eigenvalue weighted by Crippen LogP contribution is -1.98. The van der Waals surface area contributed by atoms with E-state index in [0.29, 0.717) is 17.1 Å². The summed E-state index contributed by atoms with van der Waals surface area (Å²) in [7, 11) is 0. The largest absolute Gasteiger partial charge is 0.507 e. The van der Waals surface area contributed by atoms with Crippen molar-refractivity contribution in [3.05, 3.63) is 42.2 Å². The van der Waals surface area contributed by atoms with Gasteiger partial charge in [0, 0.05) is 28.7 Å². The molecule has 0 radical (unpaired) electrons. The number of nitrogen functional groups attached to an aromatic ring is 1. The van der Waals surface area contributed by atoms with Gasteiger partial charge in [0.25, 0.3) is 0 Å². The van der Waals surface area contributed by atoms with E-state index in [1.807, 2.05) is 25.1 Å². The first-order valence-corrected chi connectivity index (χ1v) is 5.82. The van der Waals surface area contributed by atoms with E-state index in [0.717, 1.165) is 16.3 Å². The quantitative estimate of drug-likeness (QED) is 0.694. The molecule has 3 aromatic rings. The van der Waals surface area contributed by atoms with Crippen LogP contribution in [0.4, 0.5) is 5.82 Å². The molecule has 0 aliphatic heterocycles. The number of pyridine rings is 1. The van der Waals surface area contributed by atoms with Gasteiger partial charge in [-0.05, 0) is 30.7 Å². The molecule has 0 aliphatic rings. The number of hydrogen-bond acceptors (Lipinski definition) is 5. The van der Waals surface area contributed by atoms with Crippen LogP contribution in [0.3, 0.4) is 0 Å².